The number of benzene rings is 2. The number of hydrogen-bond donors (Lipinski definition) is 1. The molecule has 0 heterocycles. The van der Waals surface area contributed by atoms with Gasteiger partial charge < -0.3 is 5.11 Å². The predicted octanol–water partition coefficient (Wildman–Crippen LogP) is 4.33. The van der Waals surface area contributed by atoms with Crippen LogP contribution in [0.4, 0.5) is 0 Å². The van der Waals surface area contributed by atoms with Gasteiger partial charge in [0.2, 0.25) is 0 Å². The number of phenolic OH excluding ortho intramolecular Hbond substituents is 1. The van der Waals surface area contributed by atoms with Gasteiger partial charge in [0.05, 0.1) is 0 Å². The Hall–Kier alpha value is -1.54. The van der Waals surface area contributed by atoms with E-state index in [1.807, 2.05) is 54.6 Å². The van der Waals surface area contributed by atoms with Crippen molar-refractivity contribution >= 4 is 28.1 Å². The molecule has 0 aliphatic carbocycles. The van der Waals surface area contributed by atoms with Crippen LogP contribution in [-0.4, -0.2) is 5.11 Å². The molecule has 80 valence electrons. The molecule has 2 rings (SSSR count). The van der Waals surface area contributed by atoms with Gasteiger partial charge in [-0.1, -0.05) is 58.4 Å². The first kappa shape index (κ1) is 11.0. The zero-order chi connectivity index (χ0) is 11.4. The molecule has 16 heavy (non-hydrogen) atoms. The van der Waals surface area contributed by atoms with Crippen LogP contribution < -0.4 is 0 Å². The van der Waals surface area contributed by atoms with Crippen LogP contribution in [0.3, 0.4) is 0 Å². The number of hydrogen-bond acceptors (Lipinski definition) is 1. The number of phenols is 1. The highest BCUT2D eigenvalue weighted by atomic mass is 79.9. The topological polar surface area (TPSA) is 20.2 Å². The van der Waals surface area contributed by atoms with Crippen molar-refractivity contribution in [1.29, 1.82) is 0 Å². The lowest BCUT2D eigenvalue weighted by molar-refractivity contribution is 0.474. The second kappa shape index (κ2) is 4.99. The third-order valence-electron chi connectivity index (χ3n) is 2.24. The second-order valence-corrected chi connectivity index (χ2v) is 4.36. The summed E-state index contributed by atoms with van der Waals surface area (Å²) in [5, 5.41) is 9.64. The minimum Gasteiger partial charge on any atom is -0.507 e. The van der Waals surface area contributed by atoms with E-state index in [1.165, 1.54) is 0 Å². The molecule has 0 aliphatic heterocycles. The van der Waals surface area contributed by atoms with Gasteiger partial charge in [-0.25, -0.2) is 0 Å². The van der Waals surface area contributed by atoms with Gasteiger partial charge in [-0.05, 0) is 23.8 Å². The molecule has 0 aromatic heterocycles. The summed E-state index contributed by atoms with van der Waals surface area (Å²) < 4.78 is 0.956. The first-order valence-electron chi connectivity index (χ1n) is 4.97. The summed E-state index contributed by atoms with van der Waals surface area (Å²) in [5.41, 5.74) is 1.92. The smallest absolute Gasteiger partial charge is 0.122 e. The van der Waals surface area contributed by atoms with Crippen LogP contribution in [0.5, 0.6) is 5.75 Å². The molecule has 0 radical (unpaired) electrons. The molecule has 0 spiro atoms. The van der Waals surface area contributed by atoms with Crippen molar-refractivity contribution in [1.82, 2.24) is 0 Å². The van der Waals surface area contributed by atoms with E-state index in [1.54, 1.807) is 6.07 Å². The fourth-order valence-electron chi connectivity index (χ4n) is 1.41. The van der Waals surface area contributed by atoms with Gasteiger partial charge in [0.1, 0.15) is 5.75 Å². The Bertz CT molecular complexity index is 503. The molecule has 0 atom stereocenters. The molecular formula is C14H11BrO. The monoisotopic (exact) mass is 274 g/mol. The molecule has 2 aromatic carbocycles. The highest BCUT2D eigenvalue weighted by Gasteiger charge is 1.97. The van der Waals surface area contributed by atoms with Crippen LogP contribution in [0.1, 0.15) is 11.1 Å². The lowest BCUT2D eigenvalue weighted by Gasteiger charge is -1.99. The Morgan fingerprint density at radius 1 is 0.938 bits per heavy atom. The van der Waals surface area contributed by atoms with Crippen LogP contribution in [0.25, 0.3) is 12.2 Å². The van der Waals surface area contributed by atoms with E-state index in [-0.39, 0.29) is 5.75 Å². The standard InChI is InChI=1S/C14H11BrO/c15-13-8-9-14(16)12(10-13)7-6-11-4-2-1-3-5-11/h1-10,16H/b7-6+. The Kier molecular flexibility index (Phi) is 3.42. The lowest BCUT2D eigenvalue weighted by Crippen LogP contribution is -1.75. The average molecular weight is 275 g/mol. The minimum atomic E-state index is 0.287. The Balaban J connectivity index is 2.27. The predicted molar refractivity (Wildman–Crippen MR) is 71.2 cm³/mol. The molecule has 0 aliphatic rings. The molecule has 1 nitrogen and oxygen atoms in total. The Morgan fingerprint density at radius 2 is 1.69 bits per heavy atom. The van der Waals surface area contributed by atoms with Gasteiger partial charge in [0.25, 0.3) is 0 Å². The van der Waals surface area contributed by atoms with Crippen LogP contribution in [0.2, 0.25) is 0 Å². The molecule has 0 saturated heterocycles. The van der Waals surface area contributed by atoms with E-state index < -0.39 is 0 Å². The van der Waals surface area contributed by atoms with Crippen molar-refractivity contribution in [3.63, 3.8) is 0 Å². The Labute approximate surface area is 103 Å². The summed E-state index contributed by atoms with van der Waals surface area (Å²) in [6.45, 7) is 0. The van der Waals surface area contributed by atoms with Gasteiger partial charge >= 0.3 is 0 Å². The van der Waals surface area contributed by atoms with Crippen LogP contribution >= 0.6 is 15.9 Å². The maximum absolute atomic E-state index is 9.64. The summed E-state index contributed by atoms with van der Waals surface area (Å²) in [6.07, 6.45) is 3.87. The van der Waals surface area contributed by atoms with Crippen molar-refractivity contribution in [2.24, 2.45) is 0 Å². The van der Waals surface area contributed by atoms with Gasteiger partial charge in [-0.15, -0.1) is 0 Å². The number of aromatic hydroxyl groups is 1. The molecule has 2 heteroatoms. The molecule has 0 amide bonds. The molecule has 0 fully saturated rings. The fraction of sp³-hybridized carbons (Fsp3) is 0. The van der Waals surface area contributed by atoms with Crippen molar-refractivity contribution in [2.75, 3.05) is 0 Å². The highest BCUT2D eigenvalue weighted by molar-refractivity contribution is 9.10. The molecule has 1 N–H and O–H groups in total. The normalized spacial score (nSPS) is 10.8. The van der Waals surface area contributed by atoms with Crippen LogP contribution in [0.15, 0.2) is 53.0 Å². The largest absolute Gasteiger partial charge is 0.507 e. The minimum absolute atomic E-state index is 0.287. The van der Waals surface area contributed by atoms with E-state index in [4.69, 9.17) is 0 Å². The quantitative estimate of drug-likeness (QED) is 0.809. The molecular weight excluding hydrogens is 264 g/mol. The van der Waals surface area contributed by atoms with Gasteiger partial charge in [-0.3, -0.25) is 0 Å². The highest BCUT2D eigenvalue weighted by Crippen LogP contribution is 2.23. The third kappa shape index (κ3) is 2.74. The fourth-order valence-corrected chi connectivity index (χ4v) is 1.79. The summed E-state index contributed by atoms with van der Waals surface area (Å²) in [5.74, 6) is 0.287. The van der Waals surface area contributed by atoms with E-state index >= 15 is 0 Å². The molecule has 0 saturated carbocycles. The second-order valence-electron chi connectivity index (χ2n) is 3.45. The zero-order valence-corrected chi connectivity index (χ0v) is 10.2. The van der Waals surface area contributed by atoms with Gasteiger partial charge in [0.15, 0.2) is 0 Å². The van der Waals surface area contributed by atoms with Crippen molar-refractivity contribution in [2.45, 2.75) is 0 Å². The molecule has 0 unspecified atom stereocenters. The SMILES string of the molecule is Oc1ccc(Br)cc1/C=C/c1ccccc1. The van der Waals surface area contributed by atoms with E-state index in [2.05, 4.69) is 15.9 Å². The summed E-state index contributed by atoms with van der Waals surface area (Å²) in [6, 6.07) is 15.4. The van der Waals surface area contributed by atoms with E-state index in [9.17, 15) is 5.11 Å². The number of rotatable bonds is 2. The maximum atomic E-state index is 9.64. The van der Waals surface area contributed by atoms with Crippen LogP contribution in [-0.2, 0) is 0 Å². The van der Waals surface area contributed by atoms with E-state index in [0.29, 0.717) is 0 Å². The van der Waals surface area contributed by atoms with Crippen molar-refractivity contribution in [3.8, 4) is 5.75 Å². The van der Waals surface area contributed by atoms with E-state index in [0.717, 1.165) is 15.6 Å². The maximum Gasteiger partial charge on any atom is 0.122 e. The van der Waals surface area contributed by atoms with Crippen molar-refractivity contribution in [3.05, 3.63) is 64.1 Å². The first-order chi connectivity index (χ1) is 7.75. The summed E-state index contributed by atoms with van der Waals surface area (Å²) >= 11 is 3.38. The van der Waals surface area contributed by atoms with Gasteiger partial charge in [0, 0.05) is 10.0 Å². The molecule has 0 bridgehead atoms. The first-order valence-corrected chi connectivity index (χ1v) is 5.76. The zero-order valence-electron chi connectivity index (χ0n) is 8.60. The summed E-state index contributed by atoms with van der Waals surface area (Å²) in [4.78, 5) is 0. The van der Waals surface area contributed by atoms with Gasteiger partial charge in [-0.2, -0.15) is 0 Å². The summed E-state index contributed by atoms with van der Waals surface area (Å²) in [7, 11) is 0. The number of halogens is 1. The van der Waals surface area contributed by atoms with Crippen molar-refractivity contribution < 1.29 is 5.11 Å². The lowest BCUT2D eigenvalue weighted by atomic mass is 10.1. The molecule has 2 aromatic rings. The Morgan fingerprint density at radius 3 is 2.44 bits per heavy atom. The van der Waals surface area contributed by atoms with Crippen LogP contribution in [0, 0.1) is 0 Å². The third-order valence-corrected chi connectivity index (χ3v) is 2.74. The average Bonchev–Trinajstić information content (AvgIpc) is 2.32.